The Morgan fingerprint density at radius 3 is 2.46 bits per heavy atom. The van der Waals surface area contributed by atoms with Crippen LogP contribution in [0.5, 0.6) is 0 Å². The molecule has 0 amide bonds. The monoisotopic (exact) mass is 213 g/mol. The first-order valence-corrected chi connectivity index (χ1v) is 5.91. The van der Waals surface area contributed by atoms with Crippen molar-refractivity contribution in [1.29, 1.82) is 0 Å². The molecule has 0 bridgehead atoms. The minimum absolute atomic E-state index is 0.215. The summed E-state index contributed by atoms with van der Waals surface area (Å²) >= 11 is 0. The number of hydrogen-bond acceptors (Lipinski definition) is 2. The van der Waals surface area contributed by atoms with Crippen LogP contribution < -0.4 is 5.14 Å². The van der Waals surface area contributed by atoms with Gasteiger partial charge in [0.25, 0.3) is 5.92 Å². The van der Waals surface area contributed by atoms with Gasteiger partial charge in [-0.15, -0.1) is 0 Å². The SMILES string of the molecule is NS(=O)(=O)CC1CCCCC1(F)F. The van der Waals surface area contributed by atoms with Crippen LogP contribution in [-0.4, -0.2) is 20.1 Å². The third kappa shape index (κ3) is 3.19. The molecule has 1 saturated carbocycles. The van der Waals surface area contributed by atoms with Gasteiger partial charge in [0.1, 0.15) is 0 Å². The summed E-state index contributed by atoms with van der Waals surface area (Å²) in [6.07, 6.45) is 1.17. The third-order valence-electron chi connectivity index (χ3n) is 2.34. The quantitative estimate of drug-likeness (QED) is 0.746. The fourth-order valence-corrected chi connectivity index (χ4v) is 2.62. The summed E-state index contributed by atoms with van der Waals surface area (Å²) in [4.78, 5) is 0. The molecule has 2 N–H and O–H groups in total. The summed E-state index contributed by atoms with van der Waals surface area (Å²) in [5, 5.41) is 4.73. The molecule has 0 aromatic rings. The highest BCUT2D eigenvalue weighted by molar-refractivity contribution is 7.89. The van der Waals surface area contributed by atoms with Gasteiger partial charge >= 0.3 is 0 Å². The average molecular weight is 213 g/mol. The smallest absolute Gasteiger partial charge is 0.229 e. The Balaban J connectivity index is 2.67. The number of alkyl halides is 2. The lowest BCUT2D eigenvalue weighted by Crippen LogP contribution is -2.38. The van der Waals surface area contributed by atoms with E-state index in [-0.39, 0.29) is 12.8 Å². The summed E-state index contributed by atoms with van der Waals surface area (Å²) in [6.45, 7) is 0. The van der Waals surface area contributed by atoms with Crippen molar-refractivity contribution in [2.45, 2.75) is 31.6 Å². The molecule has 1 aliphatic rings. The van der Waals surface area contributed by atoms with Gasteiger partial charge in [0.2, 0.25) is 10.0 Å². The molecule has 1 aliphatic carbocycles. The molecular formula is C7H13F2NO2S. The van der Waals surface area contributed by atoms with Gasteiger partial charge in [0.05, 0.1) is 5.75 Å². The van der Waals surface area contributed by atoms with Crippen molar-refractivity contribution in [2.24, 2.45) is 11.1 Å². The maximum atomic E-state index is 13.1. The van der Waals surface area contributed by atoms with Crippen LogP contribution in [-0.2, 0) is 10.0 Å². The fourth-order valence-electron chi connectivity index (χ4n) is 1.65. The highest BCUT2D eigenvalue weighted by Gasteiger charge is 2.42. The van der Waals surface area contributed by atoms with Crippen LogP contribution in [0, 0.1) is 5.92 Å². The van der Waals surface area contributed by atoms with E-state index in [0.29, 0.717) is 12.8 Å². The van der Waals surface area contributed by atoms with Gasteiger partial charge in [0, 0.05) is 12.3 Å². The van der Waals surface area contributed by atoms with Gasteiger partial charge in [-0.05, 0) is 12.8 Å². The molecule has 1 atom stereocenters. The second-order valence-electron chi connectivity index (χ2n) is 3.53. The van der Waals surface area contributed by atoms with Crippen molar-refractivity contribution in [3.8, 4) is 0 Å². The van der Waals surface area contributed by atoms with Gasteiger partial charge in [-0.25, -0.2) is 22.3 Å². The minimum Gasteiger partial charge on any atom is -0.229 e. The Kier molecular flexibility index (Phi) is 2.91. The Labute approximate surface area is 76.4 Å². The van der Waals surface area contributed by atoms with Gasteiger partial charge in [-0.2, -0.15) is 0 Å². The van der Waals surface area contributed by atoms with E-state index in [9.17, 15) is 17.2 Å². The Morgan fingerprint density at radius 2 is 2.00 bits per heavy atom. The van der Waals surface area contributed by atoms with Crippen molar-refractivity contribution in [3.05, 3.63) is 0 Å². The molecule has 1 rings (SSSR count). The first kappa shape index (κ1) is 10.8. The Morgan fingerprint density at radius 1 is 1.38 bits per heavy atom. The second kappa shape index (κ2) is 3.49. The van der Waals surface area contributed by atoms with Gasteiger partial charge in [-0.3, -0.25) is 0 Å². The first-order valence-electron chi connectivity index (χ1n) is 4.19. The maximum Gasteiger partial charge on any atom is 0.251 e. The lowest BCUT2D eigenvalue weighted by molar-refractivity contribution is -0.0770. The lowest BCUT2D eigenvalue weighted by atomic mass is 9.87. The second-order valence-corrected chi connectivity index (χ2v) is 5.19. The highest BCUT2D eigenvalue weighted by Crippen LogP contribution is 2.38. The van der Waals surface area contributed by atoms with E-state index in [0.717, 1.165) is 0 Å². The largest absolute Gasteiger partial charge is 0.251 e. The summed E-state index contributed by atoms with van der Waals surface area (Å²) in [6, 6.07) is 0. The third-order valence-corrected chi connectivity index (χ3v) is 3.21. The molecule has 78 valence electrons. The van der Waals surface area contributed by atoms with E-state index in [1.54, 1.807) is 0 Å². The molecular weight excluding hydrogens is 200 g/mol. The normalized spacial score (nSPS) is 28.7. The molecule has 13 heavy (non-hydrogen) atoms. The zero-order valence-corrected chi connectivity index (χ0v) is 7.99. The Bertz CT molecular complexity index is 276. The van der Waals surface area contributed by atoms with Crippen molar-refractivity contribution < 1.29 is 17.2 Å². The summed E-state index contributed by atoms with van der Waals surface area (Å²) in [5.74, 6) is -4.54. The van der Waals surface area contributed by atoms with Crippen molar-refractivity contribution >= 4 is 10.0 Å². The topological polar surface area (TPSA) is 60.2 Å². The van der Waals surface area contributed by atoms with Gasteiger partial charge in [0.15, 0.2) is 0 Å². The zero-order chi connectivity index (χ0) is 10.1. The molecule has 0 aromatic carbocycles. The molecule has 0 aliphatic heterocycles. The van der Waals surface area contributed by atoms with Gasteiger partial charge < -0.3 is 0 Å². The number of halogens is 2. The van der Waals surface area contributed by atoms with E-state index in [1.165, 1.54) is 0 Å². The van der Waals surface area contributed by atoms with E-state index in [1.807, 2.05) is 0 Å². The molecule has 0 spiro atoms. The van der Waals surface area contributed by atoms with Crippen LogP contribution in [0.2, 0.25) is 0 Å². The fraction of sp³-hybridized carbons (Fsp3) is 1.00. The summed E-state index contributed by atoms with van der Waals surface area (Å²) in [7, 11) is -3.77. The van der Waals surface area contributed by atoms with Crippen LogP contribution in [0.4, 0.5) is 8.78 Å². The zero-order valence-electron chi connectivity index (χ0n) is 7.17. The standard InChI is InChI=1S/C7H13F2NO2S/c8-7(9)4-2-1-3-6(7)5-13(10,11)12/h6H,1-5H2,(H2,10,11,12). The van der Waals surface area contributed by atoms with E-state index in [4.69, 9.17) is 5.14 Å². The predicted molar refractivity (Wildman–Crippen MR) is 44.9 cm³/mol. The van der Waals surface area contributed by atoms with Crippen molar-refractivity contribution in [1.82, 2.24) is 0 Å². The first-order chi connectivity index (χ1) is 5.81. The number of hydrogen-bond donors (Lipinski definition) is 1. The lowest BCUT2D eigenvalue weighted by Gasteiger charge is -2.30. The van der Waals surface area contributed by atoms with Gasteiger partial charge in [-0.1, -0.05) is 6.42 Å². The highest BCUT2D eigenvalue weighted by atomic mass is 32.2. The maximum absolute atomic E-state index is 13.1. The van der Waals surface area contributed by atoms with E-state index < -0.39 is 27.6 Å². The molecule has 0 aromatic heterocycles. The van der Waals surface area contributed by atoms with Crippen LogP contribution >= 0.6 is 0 Å². The van der Waals surface area contributed by atoms with Crippen LogP contribution in [0.15, 0.2) is 0 Å². The van der Waals surface area contributed by atoms with Crippen molar-refractivity contribution in [3.63, 3.8) is 0 Å². The predicted octanol–water partition coefficient (Wildman–Crippen LogP) is 1.10. The molecule has 0 saturated heterocycles. The number of primary sulfonamides is 1. The number of nitrogens with two attached hydrogens (primary N) is 1. The van der Waals surface area contributed by atoms with Crippen LogP contribution in [0.25, 0.3) is 0 Å². The van der Waals surface area contributed by atoms with Crippen LogP contribution in [0.3, 0.4) is 0 Å². The molecule has 6 heteroatoms. The van der Waals surface area contributed by atoms with Crippen LogP contribution in [0.1, 0.15) is 25.7 Å². The molecule has 0 radical (unpaired) electrons. The summed E-state index contributed by atoms with van der Waals surface area (Å²) in [5.41, 5.74) is 0. The molecule has 1 fully saturated rings. The number of sulfonamides is 1. The molecule has 3 nitrogen and oxygen atoms in total. The molecule has 0 heterocycles. The average Bonchev–Trinajstić information content (AvgIpc) is 1.91. The summed E-state index contributed by atoms with van der Waals surface area (Å²) < 4.78 is 47.4. The number of rotatable bonds is 2. The van der Waals surface area contributed by atoms with Crippen molar-refractivity contribution in [2.75, 3.05) is 5.75 Å². The van der Waals surface area contributed by atoms with E-state index in [2.05, 4.69) is 0 Å². The Hall–Kier alpha value is -0.230. The molecule has 1 unspecified atom stereocenters. The van der Waals surface area contributed by atoms with E-state index >= 15 is 0 Å². The minimum atomic E-state index is -3.77.